The van der Waals surface area contributed by atoms with Gasteiger partial charge in [-0.3, -0.25) is 4.79 Å². The van der Waals surface area contributed by atoms with Crippen molar-refractivity contribution in [2.75, 3.05) is 0 Å². The summed E-state index contributed by atoms with van der Waals surface area (Å²) in [6.07, 6.45) is 7.99. The van der Waals surface area contributed by atoms with Crippen molar-refractivity contribution in [1.82, 2.24) is 0 Å². The molecule has 0 aliphatic heterocycles. The first-order valence-electron chi connectivity index (χ1n) is 10.1. The second-order valence-corrected chi connectivity index (χ2v) is 10.0. The van der Waals surface area contributed by atoms with Crippen LogP contribution in [-0.2, 0) is 4.79 Å². The first-order valence-corrected chi connectivity index (χ1v) is 10.1. The first kappa shape index (κ1) is 17.0. The van der Waals surface area contributed by atoms with E-state index < -0.39 is 0 Å². The number of carbonyl (C=O) groups excluding carboxylic acids is 1. The van der Waals surface area contributed by atoms with Gasteiger partial charge >= 0.3 is 0 Å². The number of Topliss-reactive ketones (excluding diaryl/α,β-unsaturated/α-hetero) is 1. The van der Waals surface area contributed by atoms with Gasteiger partial charge in [-0.25, -0.2) is 0 Å². The Bertz CT molecular complexity index is 531. The number of hydrogen-bond donors (Lipinski definition) is 2. The standard InChI is InChI=1S/C21H34O3/c1-12(22)17-11-18(24)19-15-5-4-13-10-14(23)6-8-20(13,2)16(15)7-9-21(17,19)3/h13-19,23-24H,4-11H2,1-3H3/t13-,14+,15-,16-,17-,18+,19-,20+,21-/m1/s1. The Morgan fingerprint density at radius 2 is 1.67 bits per heavy atom. The Hall–Kier alpha value is -0.410. The van der Waals surface area contributed by atoms with E-state index >= 15 is 0 Å². The van der Waals surface area contributed by atoms with E-state index in [9.17, 15) is 15.0 Å². The molecule has 0 amide bonds. The van der Waals surface area contributed by atoms with E-state index in [1.54, 1.807) is 6.92 Å². The van der Waals surface area contributed by atoms with Gasteiger partial charge in [0, 0.05) is 5.92 Å². The third-order valence-corrected chi connectivity index (χ3v) is 9.11. The summed E-state index contributed by atoms with van der Waals surface area (Å²) in [5, 5.41) is 21.0. The summed E-state index contributed by atoms with van der Waals surface area (Å²) in [7, 11) is 0. The molecule has 0 heterocycles. The first-order chi connectivity index (χ1) is 11.3. The predicted octanol–water partition coefficient (Wildman–Crippen LogP) is 3.57. The highest BCUT2D eigenvalue weighted by Crippen LogP contribution is 2.67. The Balaban J connectivity index is 1.65. The number of hydrogen-bond acceptors (Lipinski definition) is 3. The highest BCUT2D eigenvalue weighted by molar-refractivity contribution is 5.79. The normalized spacial score (nSPS) is 57.0. The van der Waals surface area contributed by atoms with Crippen LogP contribution >= 0.6 is 0 Å². The number of fused-ring (bicyclic) bond motifs is 5. The molecule has 0 bridgehead atoms. The molecule has 4 rings (SSSR count). The average molecular weight is 335 g/mol. The van der Waals surface area contributed by atoms with Gasteiger partial charge in [-0.05, 0) is 92.8 Å². The molecule has 0 aromatic carbocycles. The van der Waals surface area contributed by atoms with Crippen molar-refractivity contribution in [3.63, 3.8) is 0 Å². The van der Waals surface area contributed by atoms with E-state index in [2.05, 4.69) is 13.8 Å². The van der Waals surface area contributed by atoms with E-state index in [1.807, 2.05) is 0 Å². The summed E-state index contributed by atoms with van der Waals surface area (Å²) in [5.74, 6) is 2.51. The van der Waals surface area contributed by atoms with E-state index in [0.717, 1.165) is 25.7 Å². The molecule has 24 heavy (non-hydrogen) atoms. The van der Waals surface area contributed by atoms with Crippen molar-refractivity contribution in [1.29, 1.82) is 0 Å². The van der Waals surface area contributed by atoms with Crippen molar-refractivity contribution in [3.05, 3.63) is 0 Å². The van der Waals surface area contributed by atoms with E-state index in [0.29, 0.717) is 35.5 Å². The summed E-state index contributed by atoms with van der Waals surface area (Å²) >= 11 is 0. The van der Waals surface area contributed by atoms with Crippen LogP contribution in [0.25, 0.3) is 0 Å². The maximum absolute atomic E-state index is 12.2. The topological polar surface area (TPSA) is 57.5 Å². The van der Waals surface area contributed by atoms with Crippen molar-refractivity contribution < 1.29 is 15.0 Å². The number of ketones is 1. The molecule has 3 heteroatoms. The van der Waals surface area contributed by atoms with Crippen molar-refractivity contribution in [3.8, 4) is 0 Å². The zero-order chi connectivity index (χ0) is 17.3. The Labute approximate surface area is 146 Å². The lowest BCUT2D eigenvalue weighted by atomic mass is 9.44. The van der Waals surface area contributed by atoms with Gasteiger partial charge in [-0.1, -0.05) is 13.8 Å². The van der Waals surface area contributed by atoms with Crippen molar-refractivity contribution in [2.45, 2.75) is 84.3 Å². The van der Waals surface area contributed by atoms with Crippen LogP contribution in [0.4, 0.5) is 0 Å². The van der Waals surface area contributed by atoms with Crippen molar-refractivity contribution in [2.24, 2.45) is 40.4 Å². The van der Waals surface area contributed by atoms with Crippen LogP contribution in [0.15, 0.2) is 0 Å². The van der Waals surface area contributed by atoms with Gasteiger partial charge in [0.05, 0.1) is 12.2 Å². The zero-order valence-electron chi connectivity index (χ0n) is 15.5. The van der Waals surface area contributed by atoms with Gasteiger partial charge < -0.3 is 10.2 Å². The summed E-state index contributed by atoms with van der Waals surface area (Å²) in [6.45, 7) is 6.47. The highest BCUT2D eigenvalue weighted by Gasteiger charge is 2.63. The molecule has 0 spiro atoms. The lowest BCUT2D eigenvalue weighted by Gasteiger charge is -2.61. The number of aliphatic hydroxyl groups is 2. The van der Waals surface area contributed by atoms with Gasteiger partial charge in [0.2, 0.25) is 0 Å². The van der Waals surface area contributed by atoms with E-state index in [1.165, 1.54) is 19.3 Å². The molecule has 4 aliphatic carbocycles. The Morgan fingerprint density at radius 1 is 0.958 bits per heavy atom. The minimum Gasteiger partial charge on any atom is -0.393 e. The Kier molecular flexibility index (Phi) is 3.93. The third kappa shape index (κ3) is 2.19. The van der Waals surface area contributed by atoms with Gasteiger partial charge in [0.15, 0.2) is 0 Å². The average Bonchev–Trinajstić information content (AvgIpc) is 2.80. The molecular weight excluding hydrogens is 300 g/mol. The van der Waals surface area contributed by atoms with Crippen LogP contribution in [0.2, 0.25) is 0 Å². The fraction of sp³-hybridized carbons (Fsp3) is 0.952. The maximum Gasteiger partial charge on any atom is 0.133 e. The van der Waals surface area contributed by atoms with Crippen LogP contribution in [-0.4, -0.2) is 28.2 Å². The van der Waals surface area contributed by atoms with Crippen LogP contribution in [0.1, 0.15) is 72.1 Å². The maximum atomic E-state index is 12.2. The zero-order valence-corrected chi connectivity index (χ0v) is 15.5. The number of carbonyl (C=O) groups is 1. The second-order valence-electron chi connectivity index (χ2n) is 10.0. The predicted molar refractivity (Wildman–Crippen MR) is 93.3 cm³/mol. The Morgan fingerprint density at radius 3 is 2.38 bits per heavy atom. The summed E-state index contributed by atoms with van der Waals surface area (Å²) in [6, 6.07) is 0. The van der Waals surface area contributed by atoms with Crippen LogP contribution in [0.5, 0.6) is 0 Å². The molecule has 0 unspecified atom stereocenters. The van der Waals surface area contributed by atoms with Crippen molar-refractivity contribution >= 4 is 5.78 Å². The molecule has 4 fully saturated rings. The third-order valence-electron chi connectivity index (χ3n) is 9.11. The second kappa shape index (κ2) is 5.54. The molecule has 4 saturated carbocycles. The van der Waals surface area contributed by atoms with E-state index in [-0.39, 0.29) is 29.3 Å². The lowest BCUT2D eigenvalue weighted by Crippen LogP contribution is -2.55. The molecule has 0 aromatic heterocycles. The van der Waals surface area contributed by atoms with Gasteiger partial charge in [-0.2, -0.15) is 0 Å². The van der Waals surface area contributed by atoms with Gasteiger partial charge in [0.1, 0.15) is 5.78 Å². The SMILES string of the molecule is CC(=O)[C@H]1C[C@H](O)[C@H]2[C@@H]3CC[C@@H]4C[C@@H](O)CC[C@]4(C)[C@@H]3CC[C@@]21C. The minimum atomic E-state index is -0.300. The smallest absolute Gasteiger partial charge is 0.133 e. The fourth-order valence-corrected chi connectivity index (χ4v) is 7.93. The van der Waals surface area contributed by atoms with Gasteiger partial charge in [-0.15, -0.1) is 0 Å². The largest absolute Gasteiger partial charge is 0.393 e. The van der Waals surface area contributed by atoms with E-state index in [4.69, 9.17) is 0 Å². The molecule has 2 N–H and O–H groups in total. The monoisotopic (exact) mass is 334 g/mol. The van der Waals surface area contributed by atoms with Crippen LogP contribution < -0.4 is 0 Å². The molecule has 9 atom stereocenters. The van der Waals surface area contributed by atoms with Crippen LogP contribution in [0, 0.1) is 40.4 Å². The molecule has 3 nitrogen and oxygen atoms in total. The minimum absolute atomic E-state index is 0.00376. The summed E-state index contributed by atoms with van der Waals surface area (Å²) < 4.78 is 0. The number of aliphatic hydroxyl groups excluding tert-OH is 2. The lowest BCUT2D eigenvalue weighted by molar-refractivity contribution is -0.145. The molecule has 0 aromatic rings. The fourth-order valence-electron chi connectivity index (χ4n) is 7.93. The van der Waals surface area contributed by atoms with Crippen LogP contribution in [0.3, 0.4) is 0 Å². The molecule has 136 valence electrons. The quantitative estimate of drug-likeness (QED) is 0.771. The summed E-state index contributed by atoms with van der Waals surface area (Å²) in [4.78, 5) is 12.2. The number of rotatable bonds is 1. The molecule has 0 radical (unpaired) electrons. The van der Waals surface area contributed by atoms with Gasteiger partial charge in [0.25, 0.3) is 0 Å². The molecule has 0 saturated heterocycles. The molecule has 4 aliphatic rings. The summed E-state index contributed by atoms with van der Waals surface area (Å²) in [5.41, 5.74) is 0.335. The highest BCUT2D eigenvalue weighted by atomic mass is 16.3. The molecular formula is C21H34O3.